The molecule has 2 unspecified atom stereocenters. The number of thiazole rings is 1. The summed E-state index contributed by atoms with van der Waals surface area (Å²) in [4.78, 5) is 36.0. The Kier molecular flexibility index (Phi) is 7.42. The summed E-state index contributed by atoms with van der Waals surface area (Å²) >= 11 is 1.49. The third-order valence-electron chi connectivity index (χ3n) is 5.96. The molecule has 2 amide bonds. The van der Waals surface area contributed by atoms with Gasteiger partial charge in [0.15, 0.2) is 5.13 Å². The van der Waals surface area contributed by atoms with Crippen molar-refractivity contribution < 1.29 is 9.59 Å². The first-order valence-corrected chi connectivity index (χ1v) is 11.4. The number of aromatic nitrogens is 1. The van der Waals surface area contributed by atoms with Gasteiger partial charge in [-0.3, -0.25) is 19.4 Å². The van der Waals surface area contributed by atoms with Gasteiger partial charge in [0.2, 0.25) is 11.8 Å². The van der Waals surface area contributed by atoms with Crippen molar-refractivity contribution in [2.75, 3.05) is 44.6 Å². The van der Waals surface area contributed by atoms with Crippen molar-refractivity contribution in [3.05, 3.63) is 11.1 Å². The number of likely N-dealkylation sites (N-methyl/N-ethyl adjacent to an activating group) is 1. The first-order chi connectivity index (χ1) is 13.5. The smallest absolute Gasteiger partial charge is 0.243 e. The molecule has 156 valence electrons. The maximum absolute atomic E-state index is 12.5. The minimum absolute atomic E-state index is 0.0199. The maximum atomic E-state index is 12.5. The number of carbonyl (C=O) groups excluding carboxylic acids is 2. The van der Waals surface area contributed by atoms with E-state index >= 15 is 0 Å². The molecule has 7 nitrogen and oxygen atoms in total. The van der Waals surface area contributed by atoms with Gasteiger partial charge in [0.25, 0.3) is 0 Å². The van der Waals surface area contributed by atoms with Crippen LogP contribution in [0.15, 0.2) is 5.38 Å². The Labute approximate surface area is 172 Å². The van der Waals surface area contributed by atoms with Crippen LogP contribution in [0.5, 0.6) is 0 Å². The van der Waals surface area contributed by atoms with Crippen LogP contribution in [0.4, 0.5) is 5.13 Å². The molecule has 2 aliphatic heterocycles. The van der Waals surface area contributed by atoms with Crippen LogP contribution in [-0.4, -0.2) is 76.8 Å². The van der Waals surface area contributed by atoms with Crippen molar-refractivity contribution in [1.82, 2.24) is 19.7 Å². The molecule has 0 radical (unpaired) electrons. The Balaban J connectivity index is 1.46. The predicted molar refractivity (Wildman–Crippen MR) is 112 cm³/mol. The zero-order chi connectivity index (χ0) is 20.1. The Morgan fingerprint density at radius 3 is 2.68 bits per heavy atom. The lowest BCUT2D eigenvalue weighted by atomic mass is 10.1. The number of likely N-dealkylation sites (tertiary alicyclic amines) is 1. The average molecular weight is 408 g/mol. The molecule has 0 saturated carbocycles. The number of hydrogen-bond donors (Lipinski definition) is 1. The van der Waals surface area contributed by atoms with E-state index in [4.69, 9.17) is 0 Å². The monoisotopic (exact) mass is 407 g/mol. The van der Waals surface area contributed by atoms with E-state index in [1.165, 1.54) is 11.3 Å². The second-order valence-corrected chi connectivity index (χ2v) is 8.69. The number of hydrogen-bond acceptors (Lipinski definition) is 6. The average Bonchev–Trinajstić information content (AvgIpc) is 3.36. The molecule has 1 N–H and O–H groups in total. The van der Waals surface area contributed by atoms with E-state index < -0.39 is 0 Å². The highest BCUT2D eigenvalue weighted by atomic mass is 32.1. The van der Waals surface area contributed by atoms with Gasteiger partial charge in [-0.1, -0.05) is 20.8 Å². The first kappa shape index (κ1) is 21.2. The summed E-state index contributed by atoms with van der Waals surface area (Å²) in [5.41, 5.74) is 0.987. The quantitative estimate of drug-likeness (QED) is 0.751. The summed E-state index contributed by atoms with van der Waals surface area (Å²) < 4.78 is 0. The molecule has 0 aromatic carbocycles. The van der Waals surface area contributed by atoms with Gasteiger partial charge in [-0.2, -0.15) is 0 Å². The topological polar surface area (TPSA) is 68.8 Å². The summed E-state index contributed by atoms with van der Waals surface area (Å²) in [6.45, 7) is 12.2. The van der Waals surface area contributed by atoms with Gasteiger partial charge in [0.1, 0.15) is 0 Å². The van der Waals surface area contributed by atoms with Gasteiger partial charge < -0.3 is 10.2 Å². The fraction of sp³-hybridized carbons (Fsp3) is 0.750. The Morgan fingerprint density at radius 1 is 1.25 bits per heavy atom. The minimum atomic E-state index is -0.0199. The molecule has 1 aromatic rings. The summed E-state index contributed by atoms with van der Waals surface area (Å²) in [7, 11) is 0. The van der Waals surface area contributed by atoms with Crippen LogP contribution in [0.3, 0.4) is 0 Å². The van der Waals surface area contributed by atoms with E-state index in [-0.39, 0.29) is 23.8 Å². The number of nitrogens with one attached hydrogen (secondary N) is 1. The van der Waals surface area contributed by atoms with E-state index in [1.807, 2.05) is 17.2 Å². The van der Waals surface area contributed by atoms with Crippen LogP contribution in [0.25, 0.3) is 0 Å². The van der Waals surface area contributed by atoms with E-state index in [0.29, 0.717) is 5.13 Å². The molecule has 3 rings (SSSR count). The number of nitrogens with zero attached hydrogens (tertiary/aromatic N) is 4. The molecule has 2 aliphatic rings. The standard InChI is InChI=1S/C20H33N5O2S/c1-4-15(3)19(27)25-11-9-23(10-12-25)13-16-14-28-20(21-16)22-18(26)17-7-6-8-24(17)5-2/h14-15,17H,4-13H2,1-3H3,(H,21,22,26). The summed E-state index contributed by atoms with van der Waals surface area (Å²) in [5, 5.41) is 5.72. The lowest BCUT2D eigenvalue weighted by Crippen LogP contribution is -2.49. The van der Waals surface area contributed by atoms with Crippen LogP contribution in [0.2, 0.25) is 0 Å². The number of amides is 2. The van der Waals surface area contributed by atoms with E-state index in [2.05, 4.69) is 33.9 Å². The SMILES string of the molecule is CCC(C)C(=O)N1CCN(Cc2csc(NC(=O)C3CCCN3CC)n2)CC1. The molecular weight excluding hydrogens is 374 g/mol. The van der Waals surface area contributed by atoms with E-state index in [1.54, 1.807) is 0 Å². The molecule has 0 aliphatic carbocycles. The molecule has 28 heavy (non-hydrogen) atoms. The lowest BCUT2D eigenvalue weighted by molar-refractivity contribution is -0.136. The molecular formula is C20H33N5O2S. The molecule has 8 heteroatoms. The minimum Gasteiger partial charge on any atom is -0.340 e. The second kappa shape index (κ2) is 9.80. The predicted octanol–water partition coefficient (Wildman–Crippen LogP) is 2.26. The number of rotatable bonds is 7. The fourth-order valence-electron chi connectivity index (χ4n) is 3.97. The molecule has 0 spiro atoms. The summed E-state index contributed by atoms with van der Waals surface area (Å²) in [6.07, 6.45) is 2.90. The number of carbonyl (C=O) groups is 2. The zero-order valence-corrected chi connectivity index (χ0v) is 18.1. The highest BCUT2D eigenvalue weighted by Crippen LogP contribution is 2.22. The highest BCUT2D eigenvalue weighted by Gasteiger charge is 2.30. The lowest BCUT2D eigenvalue weighted by Gasteiger charge is -2.35. The molecule has 3 heterocycles. The third kappa shape index (κ3) is 5.10. The van der Waals surface area contributed by atoms with Crippen LogP contribution in [0, 0.1) is 5.92 Å². The van der Waals surface area contributed by atoms with Gasteiger partial charge >= 0.3 is 0 Å². The largest absolute Gasteiger partial charge is 0.340 e. The fourth-order valence-corrected chi connectivity index (χ4v) is 4.67. The highest BCUT2D eigenvalue weighted by molar-refractivity contribution is 7.13. The van der Waals surface area contributed by atoms with Gasteiger partial charge in [0.05, 0.1) is 11.7 Å². The van der Waals surface area contributed by atoms with Crippen molar-refractivity contribution in [1.29, 1.82) is 0 Å². The Morgan fingerprint density at radius 2 is 2.00 bits per heavy atom. The van der Waals surface area contributed by atoms with Crippen molar-refractivity contribution >= 4 is 28.3 Å². The molecule has 2 saturated heterocycles. The Bertz CT molecular complexity index is 671. The Hall–Kier alpha value is -1.51. The van der Waals surface area contributed by atoms with Crippen molar-refractivity contribution in [2.45, 2.75) is 52.6 Å². The summed E-state index contributed by atoms with van der Waals surface area (Å²) in [6, 6.07) is -0.0199. The van der Waals surface area contributed by atoms with Gasteiger partial charge in [-0.05, 0) is 32.4 Å². The summed E-state index contributed by atoms with van der Waals surface area (Å²) in [5.74, 6) is 0.450. The van der Waals surface area contributed by atoms with Gasteiger partial charge in [-0.15, -0.1) is 11.3 Å². The van der Waals surface area contributed by atoms with Crippen LogP contribution < -0.4 is 5.32 Å². The molecule has 2 fully saturated rings. The zero-order valence-electron chi connectivity index (χ0n) is 17.3. The molecule has 0 bridgehead atoms. The van der Waals surface area contributed by atoms with Crippen molar-refractivity contribution in [3.63, 3.8) is 0 Å². The second-order valence-electron chi connectivity index (χ2n) is 7.83. The first-order valence-electron chi connectivity index (χ1n) is 10.5. The third-order valence-corrected chi connectivity index (χ3v) is 6.76. The van der Waals surface area contributed by atoms with Gasteiger partial charge in [-0.25, -0.2) is 4.98 Å². The van der Waals surface area contributed by atoms with Gasteiger partial charge in [0, 0.05) is 44.0 Å². The number of piperazine rings is 1. The maximum Gasteiger partial charge on any atom is 0.243 e. The normalized spacial score (nSPS) is 22.4. The van der Waals surface area contributed by atoms with Crippen molar-refractivity contribution in [3.8, 4) is 0 Å². The van der Waals surface area contributed by atoms with Crippen molar-refractivity contribution in [2.24, 2.45) is 5.92 Å². The van der Waals surface area contributed by atoms with Crippen LogP contribution in [0.1, 0.15) is 45.7 Å². The van der Waals surface area contributed by atoms with Crippen LogP contribution in [-0.2, 0) is 16.1 Å². The van der Waals surface area contributed by atoms with E-state index in [0.717, 1.165) is 70.8 Å². The molecule has 1 aromatic heterocycles. The number of anilines is 1. The van der Waals surface area contributed by atoms with Crippen LogP contribution >= 0.6 is 11.3 Å². The molecule has 2 atom stereocenters. The van der Waals surface area contributed by atoms with E-state index in [9.17, 15) is 9.59 Å².